The number of likely N-dealkylation sites (N-methyl/N-ethyl adjacent to an activating group) is 2. The lowest BCUT2D eigenvalue weighted by molar-refractivity contribution is -0.131. The number of hydrogen-bond acceptors (Lipinski definition) is 3. The maximum absolute atomic E-state index is 12.3. The first-order valence-corrected chi connectivity index (χ1v) is 8.82. The number of rotatable bonds is 7. The summed E-state index contributed by atoms with van der Waals surface area (Å²) in [5.74, 6) is -0.289. The first-order chi connectivity index (χ1) is 12.3. The van der Waals surface area contributed by atoms with Gasteiger partial charge >= 0.3 is 0 Å². The Hall–Kier alpha value is -2.08. The van der Waals surface area contributed by atoms with Crippen molar-refractivity contribution in [2.45, 2.75) is 6.54 Å². The van der Waals surface area contributed by atoms with E-state index in [0.29, 0.717) is 22.3 Å². The Kier molecular flexibility index (Phi) is 7.45. The number of nitrogens with one attached hydrogen (secondary N) is 1. The van der Waals surface area contributed by atoms with Crippen molar-refractivity contribution in [3.63, 3.8) is 0 Å². The van der Waals surface area contributed by atoms with Gasteiger partial charge in [0.05, 0.1) is 23.1 Å². The highest BCUT2D eigenvalue weighted by molar-refractivity contribution is 6.42. The van der Waals surface area contributed by atoms with Gasteiger partial charge in [0.2, 0.25) is 11.8 Å². The van der Waals surface area contributed by atoms with Gasteiger partial charge in [-0.05, 0) is 30.8 Å². The van der Waals surface area contributed by atoms with Crippen molar-refractivity contribution in [2.75, 3.05) is 32.5 Å². The van der Waals surface area contributed by atoms with Crippen molar-refractivity contribution in [2.24, 2.45) is 0 Å². The average molecular weight is 394 g/mol. The van der Waals surface area contributed by atoms with Crippen LogP contribution in [0.3, 0.4) is 0 Å². The normalized spacial score (nSPS) is 10.7. The molecule has 0 aromatic heterocycles. The van der Waals surface area contributed by atoms with E-state index in [1.54, 1.807) is 42.1 Å². The summed E-state index contributed by atoms with van der Waals surface area (Å²) in [5, 5.41) is 3.53. The SMILES string of the molecule is CN(CC(=O)Nc1ccc(Cl)c(Cl)c1)CC(=O)N(C)Cc1ccccc1. The fourth-order valence-electron chi connectivity index (χ4n) is 2.37. The van der Waals surface area contributed by atoms with Crippen LogP contribution in [-0.4, -0.2) is 48.8 Å². The molecule has 2 aromatic carbocycles. The Balaban J connectivity index is 1.81. The summed E-state index contributed by atoms with van der Waals surface area (Å²) in [5.41, 5.74) is 1.62. The topological polar surface area (TPSA) is 52.7 Å². The molecule has 0 aliphatic carbocycles. The number of anilines is 1. The van der Waals surface area contributed by atoms with Crippen LogP contribution < -0.4 is 5.32 Å². The first kappa shape index (κ1) is 20.2. The Bertz CT molecular complexity index is 769. The zero-order chi connectivity index (χ0) is 19.1. The van der Waals surface area contributed by atoms with Crippen molar-refractivity contribution in [3.8, 4) is 0 Å². The van der Waals surface area contributed by atoms with Gasteiger partial charge in [-0.1, -0.05) is 53.5 Å². The Morgan fingerprint density at radius 3 is 2.31 bits per heavy atom. The van der Waals surface area contributed by atoms with Crippen LogP contribution in [-0.2, 0) is 16.1 Å². The van der Waals surface area contributed by atoms with Gasteiger partial charge in [0.15, 0.2) is 0 Å². The standard InChI is InChI=1S/C19H21Cl2N3O2/c1-23(12-18(25)22-15-8-9-16(20)17(21)10-15)13-19(26)24(2)11-14-6-4-3-5-7-14/h3-10H,11-13H2,1-2H3,(H,22,25). The van der Waals surface area contributed by atoms with Gasteiger partial charge in [0, 0.05) is 19.3 Å². The molecule has 0 fully saturated rings. The van der Waals surface area contributed by atoms with Crippen molar-refractivity contribution in [1.29, 1.82) is 0 Å². The third kappa shape index (κ3) is 6.33. The number of nitrogens with zero attached hydrogens (tertiary/aromatic N) is 2. The molecular weight excluding hydrogens is 373 g/mol. The van der Waals surface area contributed by atoms with Crippen molar-refractivity contribution < 1.29 is 9.59 Å². The van der Waals surface area contributed by atoms with Gasteiger partial charge in [-0.3, -0.25) is 14.5 Å². The molecule has 0 saturated heterocycles. The highest BCUT2D eigenvalue weighted by atomic mass is 35.5. The minimum absolute atomic E-state index is 0.0568. The smallest absolute Gasteiger partial charge is 0.238 e. The molecular formula is C19H21Cl2N3O2. The van der Waals surface area contributed by atoms with E-state index in [1.165, 1.54) is 0 Å². The van der Waals surface area contributed by atoms with Crippen molar-refractivity contribution in [1.82, 2.24) is 9.80 Å². The van der Waals surface area contributed by atoms with Crippen LogP contribution in [0.15, 0.2) is 48.5 Å². The van der Waals surface area contributed by atoms with Gasteiger partial charge < -0.3 is 10.2 Å². The summed E-state index contributed by atoms with van der Waals surface area (Å²) in [6, 6.07) is 14.6. The predicted octanol–water partition coefficient (Wildman–Crippen LogP) is 3.52. The van der Waals surface area contributed by atoms with Gasteiger partial charge in [0.25, 0.3) is 0 Å². The van der Waals surface area contributed by atoms with Crippen molar-refractivity contribution in [3.05, 3.63) is 64.1 Å². The quantitative estimate of drug-likeness (QED) is 0.782. The van der Waals surface area contributed by atoms with E-state index in [0.717, 1.165) is 5.56 Å². The van der Waals surface area contributed by atoms with Gasteiger partial charge in [-0.2, -0.15) is 0 Å². The molecule has 2 rings (SSSR count). The molecule has 1 N–H and O–H groups in total. The second-order valence-electron chi connectivity index (χ2n) is 6.08. The summed E-state index contributed by atoms with van der Waals surface area (Å²) in [6.45, 7) is 0.770. The fraction of sp³-hybridized carbons (Fsp3) is 0.263. The summed E-state index contributed by atoms with van der Waals surface area (Å²) < 4.78 is 0. The molecule has 0 atom stereocenters. The minimum Gasteiger partial charge on any atom is -0.340 e. The second kappa shape index (κ2) is 9.57. The monoisotopic (exact) mass is 393 g/mol. The van der Waals surface area contributed by atoms with Crippen LogP contribution in [0.5, 0.6) is 0 Å². The summed E-state index contributed by atoms with van der Waals surface area (Å²) in [4.78, 5) is 27.7. The highest BCUT2D eigenvalue weighted by Gasteiger charge is 2.15. The molecule has 0 unspecified atom stereocenters. The molecule has 0 radical (unpaired) electrons. The number of amides is 2. The molecule has 2 aromatic rings. The number of carbonyl (C=O) groups excluding carboxylic acids is 2. The number of benzene rings is 2. The van der Waals surface area contributed by atoms with Gasteiger partial charge in [-0.25, -0.2) is 0 Å². The van der Waals surface area contributed by atoms with E-state index in [-0.39, 0.29) is 24.9 Å². The molecule has 0 bridgehead atoms. The number of carbonyl (C=O) groups is 2. The summed E-state index contributed by atoms with van der Waals surface area (Å²) in [7, 11) is 3.47. The Labute approximate surface area is 163 Å². The zero-order valence-electron chi connectivity index (χ0n) is 14.7. The van der Waals surface area contributed by atoms with E-state index in [2.05, 4.69) is 5.32 Å². The maximum atomic E-state index is 12.3. The van der Waals surface area contributed by atoms with Crippen LogP contribution in [0.4, 0.5) is 5.69 Å². The van der Waals surface area contributed by atoms with Crippen molar-refractivity contribution >= 4 is 40.7 Å². The maximum Gasteiger partial charge on any atom is 0.238 e. The molecule has 0 aliphatic heterocycles. The second-order valence-corrected chi connectivity index (χ2v) is 6.90. The molecule has 0 aliphatic rings. The fourth-order valence-corrected chi connectivity index (χ4v) is 2.67. The first-order valence-electron chi connectivity index (χ1n) is 8.06. The van der Waals surface area contributed by atoms with E-state index in [1.807, 2.05) is 30.3 Å². The third-order valence-electron chi connectivity index (χ3n) is 3.71. The van der Waals surface area contributed by atoms with E-state index >= 15 is 0 Å². The highest BCUT2D eigenvalue weighted by Crippen LogP contribution is 2.24. The molecule has 0 spiro atoms. The minimum atomic E-state index is -0.232. The zero-order valence-corrected chi connectivity index (χ0v) is 16.2. The number of halogens is 2. The molecule has 0 saturated carbocycles. The largest absolute Gasteiger partial charge is 0.340 e. The summed E-state index contributed by atoms with van der Waals surface area (Å²) in [6.07, 6.45) is 0. The summed E-state index contributed by atoms with van der Waals surface area (Å²) >= 11 is 11.8. The van der Waals surface area contributed by atoms with Gasteiger partial charge in [-0.15, -0.1) is 0 Å². The molecule has 5 nitrogen and oxygen atoms in total. The Morgan fingerprint density at radius 1 is 0.962 bits per heavy atom. The van der Waals surface area contributed by atoms with E-state index < -0.39 is 0 Å². The van der Waals surface area contributed by atoms with Crippen LogP contribution in [0.1, 0.15) is 5.56 Å². The Morgan fingerprint density at radius 2 is 1.65 bits per heavy atom. The molecule has 0 heterocycles. The van der Waals surface area contributed by atoms with E-state index in [9.17, 15) is 9.59 Å². The average Bonchev–Trinajstić information content (AvgIpc) is 2.58. The molecule has 26 heavy (non-hydrogen) atoms. The lowest BCUT2D eigenvalue weighted by Gasteiger charge is -2.21. The number of hydrogen-bond donors (Lipinski definition) is 1. The molecule has 7 heteroatoms. The van der Waals surface area contributed by atoms with Crippen LogP contribution in [0, 0.1) is 0 Å². The van der Waals surface area contributed by atoms with Crippen LogP contribution in [0.2, 0.25) is 10.0 Å². The molecule has 138 valence electrons. The van der Waals surface area contributed by atoms with Gasteiger partial charge in [0.1, 0.15) is 0 Å². The predicted molar refractivity (Wildman–Crippen MR) is 106 cm³/mol. The van der Waals surface area contributed by atoms with E-state index in [4.69, 9.17) is 23.2 Å². The lowest BCUT2D eigenvalue weighted by atomic mass is 10.2. The lowest BCUT2D eigenvalue weighted by Crippen LogP contribution is -2.39. The van der Waals surface area contributed by atoms with Crippen LogP contribution in [0.25, 0.3) is 0 Å². The molecule has 2 amide bonds. The van der Waals surface area contributed by atoms with Crippen LogP contribution >= 0.6 is 23.2 Å². The third-order valence-corrected chi connectivity index (χ3v) is 4.45.